The Morgan fingerprint density at radius 1 is 1.33 bits per heavy atom. The first-order valence-electron chi connectivity index (χ1n) is 4.69. The minimum atomic E-state index is 0.695. The van der Waals surface area contributed by atoms with E-state index in [2.05, 4.69) is 32.1 Å². The molecule has 0 heterocycles. The minimum absolute atomic E-state index is 0.695. The van der Waals surface area contributed by atoms with Crippen LogP contribution in [-0.4, -0.2) is 5.88 Å². The quantitative estimate of drug-likeness (QED) is 0.586. The molecule has 0 nitrogen and oxygen atoms in total. The van der Waals surface area contributed by atoms with Gasteiger partial charge in [-0.3, -0.25) is 0 Å². The zero-order chi connectivity index (χ0) is 8.97. The van der Waals surface area contributed by atoms with Crippen molar-refractivity contribution in [3.05, 3.63) is 23.8 Å². The fourth-order valence-electron chi connectivity index (χ4n) is 1.43. The zero-order valence-corrected chi connectivity index (χ0v) is 8.64. The molecular weight excluding hydrogens is 168 g/mol. The number of hydrogen-bond donors (Lipinski definition) is 0. The molecule has 0 aliphatic heterocycles. The summed E-state index contributed by atoms with van der Waals surface area (Å²) in [7, 11) is 0. The standard InChI is InChI=1S/C11H17Cl/c1-9-5-6-11(4-3-7-12)8-10(9)2/h5-6,8-10H,3-4,7H2,1-2H3/t9-,10?/m0/s1. The van der Waals surface area contributed by atoms with Gasteiger partial charge in [-0.1, -0.05) is 37.6 Å². The largest absolute Gasteiger partial charge is 0.127 e. The minimum Gasteiger partial charge on any atom is -0.127 e. The average molecular weight is 185 g/mol. The molecule has 0 aromatic carbocycles. The highest BCUT2D eigenvalue weighted by atomic mass is 35.5. The maximum atomic E-state index is 5.63. The van der Waals surface area contributed by atoms with Crippen LogP contribution in [0, 0.1) is 11.8 Å². The lowest BCUT2D eigenvalue weighted by molar-refractivity contribution is 0.545. The summed E-state index contributed by atoms with van der Waals surface area (Å²) in [5.74, 6) is 2.17. The molecule has 0 saturated carbocycles. The number of allylic oxidation sites excluding steroid dienone is 4. The van der Waals surface area contributed by atoms with Crippen LogP contribution < -0.4 is 0 Å². The van der Waals surface area contributed by atoms with E-state index in [1.807, 2.05) is 0 Å². The van der Waals surface area contributed by atoms with E-state index in [1.165, 1.54) is 5.57 Å². The van der Waals surface area contributed by atoms with E-state index < -0.39 is 0 Å². The summed E-state index contributed by atoms with van der Waals surface area (Å²) < 4.78 is 0. The van der Waals surface area contributed by atoms with E-state index in [1.54, 1.807) is 0 Å². The van der Waals surface area contributed by atoms with Crippen molar-refractivity contribution in [3.8, 4) is 0 Å². The van der Waals surface area contributed by atoms with Gasteiger partial charge in [0.25, 0.3) is 0 Å². The van der Waals surface area contributed by atoms with Gasteiger partial charge >= 0.3 is 0 Å². The van der Waals surface area contributed by atoms with Gasteiger partial charge in [0.15, 0.2) is 0 Å². The van der Waals surface area contributed by atoms with Gasteiger partial charge in [-0.2, -0.15) is 0 Å². The highest BCUT2D eigenvalue weighted by Gasteiger charge is 2.11. The lowest BCUT2D eigenvalue weighted by Crippen LogP contribution is -2.06. The molecule has 0 bridgehead atoms. The SMILES string of the molecule is CC1C=C(CCCCl)C=C[C@@H]1C. The van der Waals surface area contributed by atoms with E-state index in [4.69, 9.17) is 11.6 Å². The number of rotatable bonds is 3. The lowest BCUT2D eigenvalue weighted by atomic mass is 9.87. The van der Waals surface area contributed by atoms with Crippen molar-refractivity contribution in [2.75, 3.05) is 5.88 Å². The molecule has 1 heteroatoms. The van der Waals surface area contributed by atoms with Crippen molar-refractivity contribution in [3.63, 3.8) is 0 Å². The second-order valence-corrected chi connectivity index (χ2v) is 3.99. The molecule has 12 heavy (non-hydrogen) atoms. The molecule has 2 atom stereocenters. The molecule has 68 valence electrons. The first kappa shape index (κ1) is 9.85. The maximum absolute atomic E-state index is 5.63. The van der Waals surface area contributed by atoms with E-state index in [0.717, 1.165) is 18.7 Å². The topological polar surface area (TPSA) is 0 Å². The van der Waals surface area contributed by atoms with Crippen molar-refractivity contribution in [2.45, 2.75) is 26.7 Å². The molecule has 0 saturated heterocycles. The predicted octanol–water partition coefficient (Wildman–Crippen LogP) is 3.77. The fourth-order valence-corrected chi connectivity index (χ4v) is 1.57. The molecule has 1 aliphatic rings. The molecule has 0 radical (unpaired) electrons. The molecule has 0 fully saturated rings. The van der Waals surface area contributed by atoms with Crippen molar-refractivity contribution in [2.24, 2.45) is 11.8 Å². The maximum Gasteiger partial charge on any atom is 0.0226 e. The summed E-state index contributed by atoms with van der Waals surface area (Å²) in [6, 6.07) is 0. The third kappa shape index (κ3) is 2.67. The van der Waals surface area contributed by atoms with Crippen LogP contribution in [0.4, 0.5) is 0 Å². The van der Waals surface area contributed by atoms with Crippen LogP contribution >= 0.6 is 11.6 Å². The Morgan fingerprint density at radius 3 is 2.67 bits per heavy atom. The Bertz CT molecular complexity index is 191. The second kappa shape index (κ2) is 4.71. The summed E-state index contributed by atoms with van der Waals surface area (Å²) in [5, 5.41) is 0. The third-order valence-electron chi connectivity index (χ3n) is 2.52. The Hall–Kier alpha value is -0.230. The van der Waals surface area contributed by atoms with Crippen molar-refractivity contribution < 1.29 is 0 Å². The third-order valence-corrected chi connectivity index (χ3v) is 2.79. The smallest absolute Gasteiger partial charge is 0.0226 e. The van der Waals surface area contributed by atoms with Gasteiger partial charge in [0.05, 0.1) is 0 Å². The first-order chi connectivity index (χ1) is 5.74. The second-order valence-electron chi connectivity index (χ2n) is 3.61. The van der Waals surface area contributed by atoms with Gasteiger partial charge in [0.2, 0.25) is 0 Å². The normalized spacial score (nSPS) is 28.8. The molecule has 1 rings (SSSR count). The van der Waals surface area contributed by atoms with E-state index >= 15 is 0 Å². The highest BCUT2D eigenvalue weighted by Crippen LogP contribution is 2.24. The number of alkyl halides is 1. The zero-order valence-electron chi connectivity index (χ0n) is 7.89. The molecule has 0 N–H and O–H groups in total. The fraction of sp³-hybridized carbons (Fsp3) is 0.636. The van der Waals surface area contributed by atoms with Crippen LogP contribution in [0.5, 0.6) is 0 Å². The van der Waals surface area contributed by atoms with Crippen LogP contribution in [0.25, 0.3) is 0 Å². The number of halogens is 1. The van der Waals surface area contributed by atoms with Crippen LogP contribution in [0.3, 0.4) is 0 Å². The van der Waals surface area contributed by atoms with Crippen LogP contribution in [0.1, 0.15) is 26.7 Å². The summed E-state index contributed by atoms with van der Waals surface area (Å²) in [4.78, 5) is 0. The van der Waals surface area contributed by atoms with E-state index in [9.17, 15) is 0 Å². The molecule has 0 amide bonds. The summed E-state index contributed by atoms with van der Waals surface area (Å²) in [5.41, 5.74) is 1.46. The summed E-state index contributed by atoms with van der Waals surface area (Å²) in [6.45, 7) is 4.53. The molecule has 1 aliphatic carbocycles. The van der Waals surface area contributed by atoms with Gasteiger partial charge in [0, 0.05) is 5.88 Å². The first-order valence-corrected chi connectivity index (χ1v) is 5.22. The Kier molecular flexibility index (Phi) is 3.87. The van der Waals surface area contributed by atoms with Crippen LogP contribution in [0.2, 0.25) is 0 Å². The highest BCUT2D eigenvalue weighted by molar-refractivity contribution is 6.17. The predicted molar refractivity (Wildman–Crippen MR) is 55.5 cm³/mol. The molecule has 0 aromatic heterocycles. The monoisotopic (exact) mass is 184 g/mol. The Morgan fingerprint density at radius 2 is 2.08 bits per heavy atom. The molecule has 1 unspecified atom stereocenters. The lowest BCUT2D eigenvalue weighted by Gasteiger charge is -2.18. The molecular formula is C11H17Cl. The summed E-state index contributed by atoms with van der Waals surface area (Å²) >= 11 is 5.63. The summed E-state index contributed by atoms with van der Waals surface area (Å²) in [6.07, 6.45) is 9.15. The van der Waals surface area contributed by atoms with Crippen molar-refractivity contribution in [1.82, 2.24) is 0 Å². The van der Waals surface area contributed by atoms with Crippen LogP contribution in [-0.2, 0) is 0 Å². The van der Waals surface area contributed by atoms with Gasteiger partial charge < -0.3 is 0 Å². The van der Waals surface area contributed by atoms with Crippen molar-refractivity contribution in [1.29, 1.82) is 0 Å². The number of hydrogen-bond acceptors (Lipinski definition) is 0. The van der Waals surface area contributed by atoms with Crippen LogP contribution in [0.15, 0.2) is 23.8 Å². The average Bonchev–Trinajstić information content (AvgIpc) is 2.07. The molecule has 0 aromatic rings. The molecule has 0 spiro atoms. The Labute approximate surface area is 80.3 Å². The van der Waals surface area contributed by atoms with E-state index in [0.29, 0.717) is 11.8 Å². The Balaban J connectivity index is 2.46. The van der Waals surface area contributed by atoms with Crippen molar-refractivity contribution >= 4 is 11.6 Å². The van der Waals surface area contributed by atoms with E-state index in [-0.39, 0.29) is 0 Å². The van der Waals surface area contributed by atoms with Gasteiger partial charge in [-0.25, -0.2) is 0 Å². The van der Waals surface area contributed by atoms with Gasteiger partial charge in [0.1, 0.15) is 0 Å². The van der Waals surface area contributed by atoms with Gasteiger partial charge in [-0.05, 0) is 24.7 Å². The van der Waals surface area contributed by atoms with Gasteiger partial charge in [-0.15, -0.1) is 11.6 Å².